The fourth-order valence-corrected chi connectivity index (χ4v) is 0.832. The molecule has 1 unspecified atom stereocenters. The Morgan fingerprint density at radius 3 is 2.54 bits per heavy atom. The van der Waals surface area contributed by atoms with Gasteiger partial charge in [0.1, 0.15) is 6.10 Å². The lowest BCUT2D eigenvalue weighted by molar-refractivity contribution is -0.144. The van der Waals surface area contributed by atoms with E-state index in [4.69, 9.17) is 14.5 Å². The SMILES string of the molecule is C=C(C)C(=O)OC(C)COP(O)O. The molecule has 0 rings (SSSR count). The first kappa shape index (κ1) is 12.5. The molecule has 0 spiro atoms. The van der Waals surface area contributed by atoms with Crippen LogP contribution in [-0.2, 0) is 14.1 Å². The quantitative estimate of drug-likeness (QED) is 0.395. The molecular weight excluding hydrogens is 195 g/mol. The highest BCUT2D eigenvalue weighted by atomic mass is 31.2. The molecule has 0 fully saturated rings. The first-order chi connectivity index (χ1) is 5.93. The Morgan fingerprint density at radius 2 is 2.15 bits per heavy atom. The predicted octanol–water partition coefficient (Wildman–Crippen LogP) is 0.722. The van der Waals surface area contributed by atoms with E-state index in [9.17, 15) is 4.79 Å². The maximum absolute atomic E-state index is 10.9. The van der Waals surface area contributed by atoms with Crippen LogP contribution in [0.15, 0.2) is 12.2 Å². The van der Waals surface area contributed by atoms with Crippen LogP contribution in [-0.4, -0.2) is 28.5 Å². The van der Waals surface area contributed by atoms with Crippen LogP contribution in [0.25, 0.3) is 0 Å². The van der Waals surface area contributed by atoms with Crippen LogP contribution in [0, 0.1) is 0 Å². The molecule has 13 heavy (non-hydrogen) atoms. The van der Waals surface area contributed by atoms with Crippen LogP contribution in [0.3, 0.4) is 0 Å². The minimum absolute atomic E-state index is 0.0439. The van der Waals surface area contributed by atoms with Gasteiger partial charge in [-0.2, -0.15) is 0 Å². The molecule has 0 radical (unpaired) electrons. The summed E-state index contributed by atoms with van der Waals surface area (Å²) in [5, 5.41) is 0. The van der Waals surface area contributed by atoms with Crippen molar-refractivity contribution in [2.24, 2.45) is 0 Å². The van der Waals surface area contributed by atoms with Crippen molar-refractivity contribution in [3.63, 3.8) is 0 Å². The Kier molecular flexibility index (Phi) is 5.82. The third-order valence-corrected chi connectivity index (χ3v) is 1.46. The molecule has 0 aromatic carbocycles. The lowest BCUT2D eigenvalue weighted by atomic mass is 10.3. The highest BCUT2D eigenvalue weighted by Gasteiger charge is 2.11. The number of hydrogen-bond donors (Lipinski definition) is 2. The van der Waals surface area contributed by atoms with Crippen LogP contribution < -0.4 is 0 Å². The molecule has 76 valence electrons. The number of carbonyl (C=O) groups is 1. The van der Waals surface area contributed by atoms with E-state index in [1.165, 1.54) is 6.92 Å². The minimum Gasteiger partial charge on any atom is -0.457 e. The Labute approximate surface area is 78.0 Å². The molecule has 0 aliphatic carbocycles. The van der Waals surface area contributed by atoms with Crippen molar-refractivity contribution in [3.05, 3.63) is 12.2 Å². The number of carbonyl (C=O) groups excluding carboxylic acids is 1. The van der Waals surface area contributed by atoms with Gasteiger partial charge in [0, 0.05) is 5.57 Å². The summed E-state index contributed by atoms with van der Waals surface area (Å²) in [5.41, 5.74) is 0.294. The maximum atomic E-state index is 10.9. The lowest BCUT2D eigenvalue weighted by Gasteiger charge is -2.13. The molecule has 6 heteroatoms. The van der Waals surface area contributed by atoms with Crippen LogP contribution >= 0.6 is 8.60 Å². The van der Waals surface area contributed by atoms with Crippen LogP contribution in [0.2, 0.25) is 0 Å². The highest BCUT2D eigenvalue weighted by molar-refractivity contribution is 7.39. The van der Waals surface area contributed by atoms with E-state index in [0.717, 1.165) is 0 Å². The molecule has 0 aliphatic heterocycles. The van der Waals surface area contributed by atoms with E-state index in [0.29, 0.717) is 5.57 Å². The summed E-state index contributed by atoms with van der Waals surface area (Å²) in [4.78, 5) is 27.7. The van der Waals surface area contributed by atoms with Gasteiger partial charge in [0.15, 0.2) is 0 Å². The van der Waals surface area contributed by atoms with E-state index in [1.807, 2.05) is 0 Å². The van der Waals surface area contributed by atoms with Crippen molar-refractivity contribution in [3.8, 4) is 0 Å². The Hall–Kier alpha value is -0.480. The van der Waals surface area contributed by atoms with Gasteiger partial charge in [0.05, 0.1) is 6.61 Å². The van der Waals surface area contributed by atoms with E-state index in [-0.39, 0.29) is 6.61 Å². The summed E-state index contributed by atoms with van der Waals surface area (Å²) in [5.74, 6) is -0.517. The molecule has 5 nitrogen and oxygen atoms in total. The van der Waals surface area contributed by atoms with Gasteiger partial charge in [-0.3, -0.25) is 0 Å². The van der Waals surface area contributed by atoms with Gasteiger partial charge >= 0.3 is 14.6 Å². The number of hydrogen-bond acceptors (Lipinski definition) is 5. The zero-order valence-corrected chi connectivity index (χ0v) is 8.45. The smallest absolute Gasteiger partial charge is 0.333 e. The molecule has 0 heterocycles. The fourth-order valence-electron chi connectivity index (χ4n) is 0.489. The van der Waals surface area contributed by atoms with Gasteiger partial charge in [-0.1, -0.05) is 6.58 Å². The largest absolute Gasteiger partial charge is 0.457 e. The average molecular weight is 208 g/mol. The normalized spacial score (nSPS) is 12.7. The summed E-state index contributed by atoms with van der Waals surface area (Å²) in [6.45, 7) is 6.46. The zero-order chi connectivity index (χ0) is 10.4. The van der Waals surface area contributed by atoms with Crippen molar-refractivity contribution in [1.82, 2.24) is 0 Å². The minimum atomic E-state index is -2.39. The first-order valence-electron chi connectivity index (χ1n) is 3.60. The Balaban J connectivity index is 3.68. The van der Waals surface area contributed by atoms with E-state index in [1.54, 1.807) is 6.92 Å². The second-order valence-electron chi connectivity index (χ2n) is 2.54. The monoisotopic (exact) mass is 208 g/mol. The molecule has 1 atom stereocenters. The topological polar surface area (TPSA) is 76.0 Å². The summed E-state index contributed by atoms with van der Waals surface area (Å²) in [6, 6.07) is 0. The molecule has 0 saturated carbocycles. The van der Waals surface area contributed by atoms with Gasteiger partial charge in [-0.25, -0.2) is 4.79 Å². The molecule has 0 aromatic heterocycles. The summed E-state index contributed by atoms with van der Waals surface area (Å²) >= 11 is 0. The molecule has 0 bridgehead atoms. The van der Waals surface area contributed by atoms with E-state index >= 15 is 0 Å². The first-order valence-corrected chi connectivity index (χ1v) is 4.77. The van der Waals surface area contributed by atoms with Gasteiger partial charge in [-0.05, 0) is 13.8 Å². The molecule has 2 N–H and O–H groups in total. The van der Waals surface area contributed by atoms with Gasteiger partial charge in [0.25, 0.3) is 0 Å². The summed E-state index contributed by atoms with van der Waals surface area (Å²) in [7, 11) is -2.39. The third kappa shape index (κ3) is 6.66. The molecule has 0 amide bonds. The third-order valence-electron chi connectivity index (χ3n) is 1.08. The molecule has 0 aliphatic rings. The van der Waals surface area contributed by atoms with Crippen molar-refractivity contribution in [2.45, 2.75) is 20.0 Å². The van der Waals surface area contributed by atoms with Crippen LogP contribution in [0.1, 0.15) is 13.8 Å². The van der Waals surface area contributed by atoms with Crippen LogP contribution in [0.5, 0.6) is 0 Å². The predicted molar refractivity (Wildman–Crippen MR) is 47.7 cm³/mol. The molecule has 0 aromatic rings. The summed E-state index contributed by atoms with van der Waals surface area (Å²) in [6.07, 6.45) is -0.520. The van der Waals surface area contributed by atoms with E-state index in [2.05, 4.69) is 11.1 Å². The van der Waals surface area contributed by atoms with Crippen molar-refractivity contribution < 1.29 is 23.8 Å². The Bertz CT molecular complexity index is 191. The standard InChI is InChI=1S/C7H13O5P/c1-5(2)7(8)12-6(3)4-11-13(9)10/h6,9-10H,1,4H2,2-3H3. The van der Waals surface area contributed by atoms with Gasteiger partial charge in [-0.15, -0.1) is 0 Å². The summed E-state index contributed by atoms with van der Waals surface area (Å²) < 4.78 is 9.24. The van der Waals surface area contributed by atoms with E-state index < -0.39 is 20.7 Å². The lowest BCUT2D eigenvalue weighted by Crippen LogP contribution is -2.19. The second-order valence-corrected chi connectivity index (χ2v) is 3.31. The van der Waals surface area contributed by atoms with Crippen molar-refractivity contribution in [1.29, 1.82) is 0 Å². The van der Waals surface area contributed by atoms with Crippen molar-refractivity contribution in [2.75, 3.05) is 6.61 Å². The van der Waals surface area contributed by atoms with Gasteiger partial charge < -0.3 is 19.0 Å². The fraction of sp³-hybridized carbons (Fsp3) is 0.571. The van der Waals surface area contributed by atoms with Crippen molar-refractivity contribution >= 4 is 14.6 Å². The number of esters is 1. The number of ether oxygens (including phenoxy) is 1. The maximum Gasteiger partial charge on any atom is 0.333 e. The Morgan fingerprint density at radius 1 is 1.62 bits per heavy atom. The van der Waals surface area contributed by atoms with Gasteiger partial charge in [0.2, 0.25) is 0 Å². The zero-order valence-electron chi connectivity index (χ0n) is 7.56. The van der Waals surface area contributed by atoms with Crippen LogP contribution in [0.4, 0.5) is 0 Å². The highest BCUT2D eigenvalue weighted by Crippen LogP contribution is 2.24. The second kappa shape index (κ2) is 6.05. The average Bonchev–Trinajstić information content (AvgIpc) is 2.00. The number of rotatable bonds is 5. The molecular formula is C7H13O5P. The molecule has 0 saturated heterocycles.